The monoisotopic (exact) mass is 284 g/mol. The average Bonchev–Trinajstić information content (AvgIpc) is 2.58. The predicted octanol–water partition coefficient (Wildman–Crippen LogP) is 1.00. The summed E-state index contributed by atoms with van der Waals surface area (Å²) in [6.45, 7) is 3.96. The first kappa shape index (κ1) is 14.0. The smallest absolute Gasteiger partial charge is 0.152 e. The van der Waals surface area contributed by atoms with Crippen molar-refractivity contribution in [3.63, 3.8) is 0 Å². The first-order chi connectivity index (χ1) is 8.85. The molecule has 1 aromatic rings. The van der Waals surface area contributed by atoms with Crippen molar-refractivity contribution in [3.05, 3.63) is 11.9 Å². The molecule has 106 valence electrons. The molecule has 0 aliphatic carbocycles. The zero-order valence-corrected chi connectivity index (χ0v) is 12.1. The van der Waals surface area contributed by atoms with Crippen LogP contribution in [0.1, 0.15) is 32.3 Å². The first-order valence-corrected chi connectivity index (χ1v) is 8.25. The molecule has 1 saturated heterocycles. The molecule has 0 bridgehead atoms. The Labute approximate surface area is 113 Å². The Morgan fingerprint density at radius 1 is 1.47 bits per heavy atom. The van der Waals surface area contributed by atoms with Gasteiger partial charge in [-0.2, -0.15) is 0 Å². The molecule has 19 heavy (non-hydrogen) atoms. The fraction of sp³-hybridized carbons (Fsp3) is 0.667. The Hall–Kier alpha value is -1.37. The number of rotatable bonds is 4. The summed E-state index contributed by atoms with van der Waals surface area (Å²) in [6, 6.07) is 0. The van der Waals surface area contributed by atoms with Gasteiger partial charge in [-0.25, -0.2) is 18.4 Å². The van der Waals surface area contributed by atoms with Gasteiger partial charge in [-0.15, -0.1) is 0 Å². The molecule has 1 aliphatic heterocycles. The third kappa shape index (κ3) is 3.15. The summed E-state index contributed by atoms with van der Waals surface area (Å²) in [7, 11) is -2.95. The lowest BCUT2D eigenvalue weighted by atomic mass is 10.0. The number of hydrogen-bond acceptors (Lipinski definition) is 6. The van der Waals surface area contributed by atoms with Gasteiger partial charge in [0.05, 0.1) is 17.0 Å². The van der Waals surface area contributed by atoms with E-state index in [0.29, 0.717) is 18.1 Å². The number of anilines is 2. The molecular formula is C12H20N4O2S. The van der Waals surface area contributed by atoms with Crippen LogP contribution in [-0.2, 0) is 16.3 Å². The molecule has 0 radical (unpaired) electrons. The fourth-order valence-corrected chi connectivity index (χ4v) is 4.52. The van der Waals surface area contributed by atoms with Crippen LogP contribution in [0, 0.1) is 0 Å². The lowest BCUT2D eigenvalue weighted by Crippen LogP contribution is -2.36. The van der Waals surface area contributed by atoms with Gasteiger partial charge in [-0.3, -0.25) is 0 Å². The molecule has 0 spiro atoms. The van der Waals surface area contributed by atoms with Crippen LogP contribution in [-0.4, -0.2) is 35.4 Å². The Bertz CT molecular complexity index is 573. The van der Waals surface area contributed by atoms with Gasteiger partial charge in [0.25, 0.3) is 0 Å². The van der Waals surface area contributed by atoms with Gasteiger partial charge in [0, 0.05) is 5.56 Å². The Balaban J connectivity index is 2.27. The number of aromatic nitrogens is 2. The number of sulfone groups is 1. The molecule has 0 saturated carbocycles. The summed E-state index contributed by atoms with van der Waals surface area (Å²) >= 11 is 0. The van der Waals surface area contributed by atoms with Crippen LogP contribution in [0.2, 0.25) is 0 Å². The zero-order chi connectivity index (χ0) is 14.1. The van der Waals surface area contributed by atoms with Crippen LogP contribution < -0.4 is 11.1 Å². The first-order valence-electron chi connectivity index (χ1n) is 6.43. The van der Waals surface area contributed by atoms with Gasteiger partial charge < -0.3 is 11.1 Å². The van der Waals surface area contributed by atoms with Crippen LogP contribution >= 0.6 is 0 Å². The van der Waals surface area contributed by atoms with E-state index in [1.807, 2.05) is 6.92 Å². The van der Waals surface area contributed by atoms with Crippen LogP contribution in [0.5, 0.6) is 0 Å². The van der Waals surface area contributed by atoms with Gasteiger partial charge in [-0.1, -0.05) is 13.3 Å². The highest BCUT2D eigenvalue weighted by atomic mass is 32.2. The number of nitrogens with zero attached hydrogens (tertiary/aromatic N) is 2. The van der Waals surface area contributed by atoms with E-state index in [2.05, 4.69) is 22.2 Å². The lowest BCUT2D eigenvalue weighted by molar-refractivity contribution is 0.570. The minimum absolute atomic E-state index is 0.134. The summed E-state index contributed by atoms with van der Waals surface area (Å²) in [5.41, 5.74) is 6.27. The maximum atomic E-state index is 11.6. The second-order valence-corrected chi connectivity index (χ2v) is 7.55. The van der Waals surface area contributed by atoms with Crippen molar-refractivity contribution < 1.29 is 8.42 Å². The van der Waals surface area contributed by atoms with E-state index in [9.17, 15) is 8.42 Å². The van der Waals surface area contributed by atoms with Crippen LogP contribution in [0.25, 0.3) is 0 Å². The summed E-state index contributed by atoms with van der Waals surface area (Å²) < 4.78 is 23.2. The van der Waals surface area contributed by atoms with Crippen LogP contribution in [0.15, 0.2) is 6.33 Å². The molecular weight excluding hydrogens is 264 g/mol. The quantitative estimate of drug-likeness (QED) is 0.856. The van der Waals surface area contributed by atoms with Crippen molar-refractivity contribution in [2.45, 2.75) is 38.6 Å². The molecule has 0 aromatic carbocycles. The molecule has 7 heteroatoms. The van der Waals surface area contributed by atoms with E-state index in [-0.39, 0.29) is 11.5 Å². The molecule has 1 fully saturated rings. The van der Waals surface area contributed by atoms with Crippen LogP contribution in [0.4, 0.5) is 11.6 Å². The molecule has 1 unspecified atom stereocenters. The molecule has 0 amide bonds. The highest BCUT2D eigenvalue weighted by Gasteiger charge is 2.39. The second kappa shape index (κ2) is 4.96. The van der Waals surface area contributed by atoms with Gasteiger partial charge in [-0.05, 0) is 19.8 Å². The highest BCUT2D eigenvalue weighted by molar-refractivity contribution is 7.91. The summed E-state index contributed by atoms with van der Waals surface area (Å²) in [5.74, 6) is 1.48. The van der Waals surface area contributed by atoms with Crippen molar-refractivity contribution in [3.8, 4) is 0 Å². The number of nitrogens with two attached hydrogens (primary N) is 1. The van der Waals surface area contributed by atoms with E-state index in [0.717, 1.165) is 18.4 Å². The van der Waals surface area contributed by atoms with E-state index in [4.69, 9.17) is 5.73 Å². The Morgan fingerprint density at radius 3 is 2.79 bits per heavy atom. The molecule has 1 atom stereocenters. The summed E-state index contributed by atoms with van der Waals surface area (Å²) in [5, 5.41) is 3.26. The van der Waals surface area contributed by atoms with Gasteiger partial charge >= 0.3 is 0 Å². The zero-order valence-electron chi connectivity index (χ0n) is 11.3. The third-order valence-electron chi connectivity index (χ3n) is 3.40. The van der Waals surface area contributed by atoms with Gasteiger partial charge in [0.1, 0.15) is 18.0 Å². The third-order valence-corrected chi connectivity index (χ3v) is 5.31. The summed E-state index contributed by atoms with van der Waals surface area (Å²) in [6.07, 6.45) is 3.70. The van der Waals surface area contributed by atoms with Gasteiger partial charge in [0.2, 0.25) is 0 Å². The van der Waals surface area contributed by atoms with E-state index in [1.165, 1.54) is 6.33 Å². The molecule has 2 heterocycles. The molecule has 6 nitrogen and oxygen atoms in total. The van der Waals surface area contributed by atoms with E-state index >= 15 is 0 Å². The minimum Gasteiger partial charge on any atom is -0.383 e. The molecule has 3 N–H and O–H groups in total. The maximum Gasteiger partial charge on any atom is 0.152 e. The average molecular weight is 284 g/mol. The van der Waals surface area contributed by atoms with Crippen molar-refractivity contribution in [1.82, 2.24) is 9.97 Å². The predicted molar refractivity (Wildman–Crippen MR) is 75.7 cm³/mol. The minimum atomic E-state index is -2.95. The van der Waals surface area contributed by atoms with E-state index < -0.39 is 15.4 Å². The molecule has 2 rings (SSSR count). The largest absolute Gasteiger partial charge is 0.383 e. The van der Waals surface area contributed by atoms with Crippen molar-refractivity contribution in [2.75, 3.05) is 22.6 Å². The number of hydrogen-bond donors (Lipinski definition) is 2. The standard InChI is InChI=1S/C12H20N4O2S/c1-3-4-9-10(13)14-8-15-11(9)16-12(2)5-6-19(17,18)7-12/h8H,3-7H2,1-2H3,(H3,13,14,15,16). The second-order valence-electron chi connectivity index (χ2n) is 5.36. The highest BCUT2D eigenvalue weighted by Crippen LogP contribution is 2.29. The fourth-order valence-electron chi connectivity index (χ4n) is 2.43. The topological polar surface area (TPSA) is 98.0 Å². The van der Waals surface area contributed by atoms with Gasteiger partial charge in [0.15, 0.2) is 9.84 Å². The molecule has 1 aliphatic rings. The van der Waals surface area contributed by atoms with E-state index in [1.54, 1.807) is 0 Å². The van der Waals surface area contributed by atoms with Crippen molar-refractivity contribution >= 4 is 21.5 Å². The Morgan fingerprint density at radius 2 is 2.21 bits per heavy atom. The van der Waals surface area contributed by atoms with Crippen molar-refractivity contribution in [2.24, 2.45) is 0 Å². The maximum absolute atomic E-state index is 11.6. The van der Waals surface area contributed by atoms with Crippen LogP contribution in [0.3, 0.4) is 0 Å². The Kier molecular flexibility index (Phi) is 3.66. The summed E-state index contributed by atoms with van der Waals surface area (Å²) in [4.78, 5) is 8.21. The molecule has 1 aromatic heterocycles. The number of nitrogen functional groups attached to an aromatic ring is 1. The number of nitrogens with one attached hydrogen (secondary N) is 1. The van der Waals surface area contributed by atoms with Crippen molar-refractivity contribution in [1.29, 1.82) is 0 Å². The normalized spacial score (nSPS) is 25.4. The lowest BCUT2D eigenvalue weighted by Gasteiger charge is -2.26. The SMILES string of the molecule is CCCc1c(N)ncnc1NC1(C)CCS(=O)(=O)C1.